The third kappa shape index (κ3) is 4.26. The number of hydrogen-bond acceptors (Lipinski definition) is 5. The van der Waals surface area contributed by atoms with Crippen molar-refractivity contribution in [3.8, 4) is 0 Å². The molecule has 3 heterocycles. The molecule has 0 saturated heterocycles. The largest absolute Gasteiger partial charge is 0.352 e. The Labute approximate surface area is 187 Å². The van der Waals surface area contributed by atoms with Gasteiger partial charge in [0, 0.05) is 36.6 Å². The first-order valence-corrected chi connectivity index (χ1v) is 10.9. The highest BCUT2D eigenvalue weighted by Gasteiger charge is 2.37. The third-order valence-corrected chi connectivity index (χ3v) is 5.49. The normalized spacial score (nSPS) is 15.3. The van der Waals surface area contributed by atoms with Gasteiger partial charge in [0.2, 0.25) is 0 Å². The number of nitrogens with one attached hydrogen (secondary N) is 1. The molecule has 2 aromatic heterocycles. The SMILES string of the molecule is CC(C)CNC(=O)c1ccc2c(c1)C(c1ncn(C(C)C)n1)CN2C(=O)c1ccccn1. The van der Waals surface area contributed by atoms with Crippen LogP contribution in [-0.2, 0) is 0 Å². The third-order valence-electron chi connectivity index (χ3n) is 5.49. The molecular weight excluding hydrogens is 404 g/mol. The van der Waals surface area contributed by atoms with Crippen molar-refractivity contribution < 1.29 is 9.59 Å². The minimum atomic E-state index is -0.226. The highest BCUT2D eigenvalue weighted by Crippen LogP contribution is 2.40. The van der Waals surface area contributed by atoms with Crippen LogP contribution in [0.1, 0.15) is 71.9 Å². The van der Waals surface area contributed by atoms with E-state index in [1.165, 1.54) is 0 Å². The van der Waals surface area contributed by atoms with Crippen molar-refractivity contribution in [3.05, 3.63) is 71.6 Å². The summed E-state index contributed by atoms with van der Waals surface area (Å²) in [4.78, 5) is 36.4. The second kappa shape index (κ2) is 8.90. The molecule has 0 saturated carbocycles. The molecule has 3 aromatic rings. The Morgan fingerprint density at radius 3 is 2.59 bits per heavy atom. The number of rotatable bonds is 6. The van der Waals surface area contributed by atoms with E-state index in [2.05, 4.69) is 34.2 Å². The number of nitrogens with zero attached hydrogens (tertiary/aromatic N) is 5. The van der Waals surface area contributed by atoms with E-state index in [4.69, 9.17) is 0 Å². The van der Waals surface area contributed by atoms with Crippen molar-refractivity contribution in [1.29, 1.82) is 0 Å². The van der Waals surface area contributed by atoms with Gasteiger partial charge in [0.05, 0.1) is 5.92 Å². The van der Waals surface area contributed by atoms with Crippen molar-refractivity contribution in [2.45, 2.75) is 39.7 Å². The molecule has 32 heavy (non-hydrogen) atoms. The fraction of sp³-hybridized carbons (Fsp3) is 0.375. The topological polar surface area (TPSA) is 93.0 Å². The molecule has 1 N–H and O–H groups in total. The van der Waals surface area contributed by atoms with E-state index in [0.717, 1.165) is 11.3 Å². The monoisotopic (exact) mass is 432 g/mol. The smallest absolute Gasteiger partial charge is 0.276 e. The van der Waals surface area contributed by atoms with Crippen molar-refractivity contribution in [2.75, 3.05) is 18.0 Å². The molecule has 8 nitrogen and oxygen atoms in total. The van der Waals surface area contributed by atoms with Crippen LogP contribution >= 0.6 is 0 Å². The number of hydrogen-bond donors (Lipinski definition) is 1. The number of benzene rings is 1. The highest BCUT2D eigenvalue weighted by molar-refractivity contribution is 6.07. The van der Waals surface area contributed by atoms with Gasteiger partial charge in [-0.1, -0.05) is 19.9 Å². The van der Waals surface area contributed by atoms with Gasteiger partial charge in [-0.05, 0) is 55.7 Å². The summed E-state index contributed by atoms with van der Waals surface area (Å²) in [7, 11) is 0. The standard InChI is InChI=1S/C24H28N6O2/c1-15(2)12-26-23(31)17-8-9-21-18(11-17)19(22-27-14-30(28-22)16(3)4)13-29(21)24(32)20-7-5-6-10-25-20/h5-11,14-16,19H,12-13H2,1-4H3,(H,26,31). The molecule has 1 aromatic carbocycles. The zero-order valence-corrected chi connectivity index (χ0v) is 18.8. The van der Waals surface area contributed by atoms with E-state index in [1.807, 2.05) is 26.0 Å². The molecule has 1 unspecified atom stereocenters. The lowest BCUT2D eigenvalue weighted by Gasteiger charge is -2.17. The maximum absolute atomic E-state index is 13.2. The van der Waals surface area contributed by atoms with Crippen LogP contribution in [-0.4, -0.2) is 44.7 Å². The van der Waals surface area contributed by atoms with Crippen LogP contribution in [0.3, 0.4) is 0 Å². The van der Waals surface area contributed by atoms with Gasteiger partial charge in [0.1, 0.15) is 12.0 Å². The molecular formula is C24H28N6O2. The Bertz CT molecular complexity index is 1120. The van der Waals surface area contributed by atoms with Crippen molar-refractivity contribution in [1.82, 2.24) is 25.1 Å². The molecule has 1 aliphatic heterocycles. The quantitative estimate of drug-likeness (QED) is 0.644. The fourth-order valence-electron chi connectivity index (χ4n) is 3.74. The summed E-state index contributed by atoms with van der Waals surface area (Å²) in [6.07, 6.45) is 3.32. The molecule has 0 radical (unpaired) electrons. The van der Waals surface area contributed by atoms with Gasteiger partial charge in [-0.3, -0.25) is 19.3 Å². The second-order valence-corrected chi connectivity index (χ2v) is 8.74. The van der Waals surface area contributed by atoms with E-state index in [1.54, 1.807) is 46.4 Å². The minimum absolute atomic E-state index is 0.129. The predicted molar refractivity (Wildman–Crippen MR) is 122 cm³/mol. The first-order chi connectivity index (χ1) is 15.3. The van der Waals surface area contributed by atoms with E-state index in [-0.39, 0.29) is 23.8 Å². The number of pyridine rings is 1. The van der Waals surface area contributed by atoms with Crippen LogP contribution in [0.2, 0.25) is 0 Å². The Balaban J connectivity index is 1.72. The van der Waals surface area contributed by atoms with Gasteiger partial charge in [-0.2, -0.15) is 5.10 Å². The molecule has 1 aliphatic rings. The summed E-state index contributed by atoms with van der Waals surface area (Å²) in [5.74, 6) is 0.452. The number of amides is 2. The number of aromatic nitrogens is 4. The van der Waals surface area contributed by atoms with Gasteiger partial charge in [-0.25, -0.2) is 4.98 Å². The van der Waals surface area contributed by atoms with Crippen LogP contribution in [0, 0.1) is 5.92 Å². The van der Waals surface area contributed by atoms with Gasteiger partial charge < -0.3 is 10.2 Å². The van der Waals surface area contributed by atoms with Crippen molar-refractivity contribution in [3.63, 3.8) is 0 Å². The van der Waals surface area contributed by atoms with Gasteiger partial charge >= 0.3 is 0 Å². The summed E-state index contributed by atoms with van der Waals surface area (Å²) in [6.45, 7) is 9.17. The second-order valence-electron chi connectivity index (χ2n) is 8.74. The van der Waals surface area contributed by atoms with E-state index >= 15 is 0 Å². The zero-order chi connectivity index (χ0) is 22.8. The average Bonchev–Trinajstić information content (AvgIpc) is 3.42. The first kappa shape index (κ1) is 21.7. The molecule has 0 fully saturated rings. The summed E-state index contributed by atoms with van der Waals surface area (Å²) in [5, 5.41) is 7.60. The molecule has 166 valence electrons. The fourth-order valence-corrected chi connectivity index (χ4v) is 3.74. The molecule has 0 spiro atoms. The van der Waals surface area contributed by atoms with E-state index in [9.17, 15) is 9.59 Å². The van der Waals surface area contributed by atoms with Gasteiger partial charge in [-0.15, -0.1) is 0 Å². The van der Waals surface area contributed by atoms with Gasteiger partial charge in [0.15, 0.2) is 5.82 Å². The lowest BCUT2D eigenvalue weighted by molar-refractivity contribution is 0.0947. The Hall–Kier alpha value is -3.55. The number of fused-ring (bicyclic) bond motifs is 1. The van der Waals surface area contributed by atoms with Crippen molar-refractivity contribution in [2.24, 2.45) is 5.92 Å². The summed E-state index contributed by atoms with van der Waals surface area (Å²) in [6, 6.07) is 10.9. The van der Waals surface area contributed by atoms with Crippen LogP contribution < -0.4 is 10.2 Å². The van der Waals surface area contributed by atoms with Crippen LogP contribution in [0.5, 0.6) is 0 Å². The number of carbonyl (C=O) groups is 2. The zero-order valence-electron chi connectivity index (χ0n) is 18.8. The maximum Gasteiger partial charge on any atom is 0.276 e. The highest BCUT2D eigenvalue weighted by atomic mass is 16.2. The molecule has 2 amide bonds. The molecule has 0 bridgehead atoms. The van der Waals surface area contributed by atoms with Crippen LogP contribution in [0.15, 0.2) is 48.9 Å². The lowest BCUT2D eigenvalue weighted by Crippen LogP contribution is -2.30. The lowest BCUT2D eigenvalue weighted by atomic mass is 9.98. The first-order valence-electron chi connectivity index (χ1n) is 10.9. The number of carbonyl (C=O) groups excluding carboxylic acids is 2. The summed E-state index contributed by atoms with van der Waals surface area (Å²) < 4.78 is 1.80. The maximum atomic E-state index is 13.2. The molecule has 4 rings (SSSR count). The van der Waals surface area contributed by atoms with Gasteiger partial charge in [0.25, 0.3) is 11.8 Å². The Morgan fingerprint density at radius 2 is 1.94 bits per heavy atom. The summed E-state index contributed by atoms with van der Waals surface area (Å²) in [5.41, 5.74) is 2.56. The minimum Gasteiger partial charge on any atom is -0.352 e. The van der Waals surface area contributed by atoms with Crippen LogP contribution in [0.4, 0.5) is 5.69 Å². The van der Waals surface area contributed by atoms with Crippen molar-refractivity contribution >= 4 is 17.5 Å². The summed E-state index contributed by atoms with van der Waals surface area (Å²) >= 11 is 0. The molecule has 1 atom stereocenters. The Kier molecular flexibility index (Phi) is 6.03. The van der Waals surface area contributed by atoms with Crippen LogP contribution in [0.25, 0.3) is 0 Å². The average molecular weight is 433 g/mol. The predicted octanol–water partition coefficient (Wildman–Crippen LogP) is 3.43. The molecule has 0 aliphatic carbocycles. The van der Waals surface area contributed by atoms with E-state index < -0.39 is 0 Å². The Morgan fingerprint density at radius 1 is 1.12 bits per heavy atom. The van der Waals surface area contributed by atoms with E-state index in [0.29, 0.717) is 36.1 Å². The molecule has 8 heteroatoms. The number of anilines is 1.